The maximum Gasteiger partial charge on any atom is 0.255 e. The van der Waals surface area contributed by atoms with Crippen molar-refractivity contribution in [2.24, 2.45) is 5.92 Å². The van der Waals surface area contributed by atoms with Gasteiger partial charge in [-0.05, 0) is 41.7 Å². The number of benzene rings is 2. The van der Waals surface area contributed by atoms with E-state index in [9.17, 15) is 4.79 Å². The molecule has 2 aromatic rings. The Kier molecular flexibility index (Phi) is 4.16. The minimum absolute atomic E-state index is 0.0410. The molecule has 0 spiro atoms. The van der Waals surface area contributed by atoms with Crippen LogP contribution in [0.3, 0.4) is 0 Å². The van der Waals surface area contributed by atoms with Crippen molar-refractivity contribution < 1.29 is 4.79 Å². The van der Waals surface area contributed by atoms with E-state index in [2.05, 4.69) is 63.7 Å². The normalized spacial score (nSPS) is 23.6. The second kappa shape index (κ2) is 6.34. The first kappa shape index (κ1) is 16.4. The Morgan fingerprint density at radius 1 is 1.16 bits per heavy atom. The number of allylic oxidation sites excluding steroid dienone is 2. The predicted molar refractivity (Wildman–Crippen MR) is 105 cm³/mol. The van der Waals surface area contributed by atoms with E-state index < -0.39 is 0 Å². The number of hydrogen-bond acceptors (Lipinski definition) is 2. The molecule has 4 rings (SSSR count). The van der Waals surface area contributed by atoms with Crippen LogP contribution in [0.1, 0.15) is 39.9 Å². The van der Waals surface area contributed by atoms with Crippen molar-refractivity contribution in [1.29, 1.82) is 0 Å². The van der Waals surface area contributed by atoms with Gasteiger partial charge in [0.2, 0.25) is 0 Å². The SMILES string of the molecule is CN(C)C(=O)c1cccc2c1N[C@H](c1ccc(Br)cc1)[C@H]1CC=C[C@H]21. The maximum absolute atomic E-state index is 12.7. The topological polar surface area (TPSA) is 32.3 Å². The molecular weight excluding hydrogens is 376 g/mol. The third kappa shape index (κ3) is 2.78. The van der Waals surface area contributed by atoms with Gasteiger partial charge in [-0.15, -0.1) is 0 Å². The molecule has 0 radical (unpaired) electrons. The predicted octanol–water partition coefficient (Wildman–Crippen LogP) is 4.98. The van der Waals surface area contributed by atoms with Crippen LogP contribution >= 0.6 is 15.9 Å². The summed E-state index contributed by atoms with van der Waals surface area (Å²) in [4.78, 5) is 14.3. The van der Waals surface area contributed by atoms with E-state index in [4.69, 9.17) is 0 Å². The second-order valence-corrected chi connectivity index (χ2v) is 7.91. The molecule has 0 unspecified atom stereocenters. The number of amides is 1. The summed E-state index contributed by atoms with van der Waals surface area (Å²) in [6, 6.07) is 14.8. The lowest BCUT2D eigenvalue weighted by atomic mass is 9.76. The molecule has 3 nitrogen and oxygen atoms in total. The van der Waals surface area contributed by atoms with Crippen LogP contribution < -0.4 is 5.32 Å². The van der Waals surface area contributed by atoms with Crippen molar-refractivity contribution in [3.63, 3.8) is 0 Å². The third-order valence-electron chi connectivity index (χ3n) is 5.26. The average molecular weight is 397 g/mol. The fourth-order valence-corrected chi connectivity index (χ4v) is 4.31. The molecule has 0 bridgehead atoms. The summed E-state index contributed by atoms with van der Waals surface area (Å²) in [7, 11) is 3.60. The molecule has 2 aliphatic rings. The first-order valence-electron chi connectivity index (χ1n) is 8.59. The molecule has 1 N–H and O–H groups in total. The summed E-state index contributed by atoms with van der Waals surface area (Å²) < 4.78 is 1.08. The van der Waals surface area contributed by atoms with Crippen molar-refractivity contribution in [3.05, 3.63) is 75.8 Å². The van der Waals surface area contributed by atoms with Crippen LogP contribution in [-0.2, 0) is 0 Å². The van der Waals surface area contributed by atoms with Crippen LogP contribution in [0, 0.1) is 5.92 Å². The molecule has 4 heteroatoms. The highest BCUT2D eigenvalue weighted by Gasteiger charge is 2.39. The lowest BCUT2D eigenvalue weighted by molar-refractivity contribution is 0.0828. The summed E-state index contributed by atoms with van der Waals surface area (Å²) in [5.74, 6) is 0.887. The Morgan fingerprint density at radius 2 is 1.92 bits per heavy atom. The van der Waals surface area contributed by atoms with Crippen LogP contribution in [0.4, 0.5) is 5.69 Å². The number of carbonyl (C=O) groups is 1. The summed E-state index contributed by atoms with van der Waals surface area (Å²) in [5.41, 5.74) is 4.24. The number of anilines is 1. The quantitative estimate of drug-likeness (QED) is 0.726. The van der Waals surface area contributed by atoms with Crippen molar-refractivity contribution in [1.82, 2.24) is 4.90 Å². The van der Waals surface area contributed by atoms with Crippen molar-refractivity contribution in [2.45, 2.75) is 18.4 Å². The molecule has 128 valence electrons. The van der Waals surface area contributed by atoms with Gasteiger partial charge >= 0.3 is 0 Å². The molecule has 1 aliphatic carbocycles. The monoisotopic (exact) mass is 396 g/mol. The highest BCUT2D eigenvalue weighted by atomic mass is 79.9. The van der Waals surface area contributed by atoms with Gasteiger partial charge in [-0.2, -0.15) is 0 Å². The highest BCUT2D eigenvalue weighted by Crippen LogP contribution is 2.50. The van der Waals surface area contributed by atoms with Crippen LogP contribution in [-0.4, -0.2) is 24.9 Å². The summed E-state index contributed by atoms with van der Waals surface area (Å²) in [6.45, 7) is 0. The zero-order valence-corrected chi connectivity index (χ0v) is 16.0. The fraction of sp³-hybridized carbons (Fsp3) is 0.286. The van der Waals surface area contributed by atoms with Gasteiger partial charge < -0.3 is 10.2 Å². The average Bonchev–Trinajstić information content (AvgIpc) is 3.10. The van der Waals surface area contributed by atoms with Crippen molar-refractivity contribution >= 4 is 27.5 Å². The largest absolute Gasteiger partial charge is 0.377 e. The highest BCUT2D eigenvalue weighted by molar-refractivity contribution is 9.10. The van der Waals surface area contributed by atoms with Crippen LogP contribution in [0.5, 0.6) is 0 Å². The standard InChI is InChI=1S/C21H21BrN2O/c1-24(2)21(25)18-8-4-7-17-15-5-3-6-16(15)19(23-20(17)18)13-9-11-14(22)12-10-13/h3-5,7-12,15-16,19,23H,6H2,1-2H3/t15-,16-,19+/m0/s1. The third-order valence-corrected chi connectivity index (χ3v) is 5.79. The molecule has 1 amide bonds. The van der Waals surface area contributed by atoms with Crippen molar-refractivity contribution in [2.75, 3.05) is 19.4 Å². The zero-order valence-electron chi connectivity index (χ0n) is 14.4. The molecule has 2 aromatic carbocycles. The molecule has 0 aromatic heterocycles. The van der Waals surface area contributed by atoms with Gasteiger partial charge in [-0.1, -0.05) is 52.3 Å². The van der Waals surface area contributed by atoms with E-state index in [1.165, 1.54) is 11.1 Å². The minimum atomic E-state index is 0.0410. The number of carbonyl (C=O) groups excluding carboxylic acids is 1. The summed E-state index contributed by atoms with van der Waals surface area (Å²) in [5, 5.41) is 3.71. The fourth-order valence-electron chi connectivity index (χ4n) is 4.04. The number of hydrogen-bond donors (Lipinski definition) is 1. The molecule has 0 saturated heterocycles. The van der Waals surface area contributed by atoms with Gasteiger partial charge in [-0.25, -0.2) is 0 Å². The first-order chi connectivity index (χ1) is 12.1. The maximum atomic E-state index is 12.7. The van der Waals surface area contributed by atoms with E-state index in [0.717, 1.165) is 22.1 Å². The Hall–Kier alpha value is -2.07. The summed E-state index contributed by atoms with van der Waals surface area (Å²) in [6.07, 6.45) is 5.64. The van der Waals surface area contributed by atoms with E-state index in [0.29, 0.717) is 11.8 Å². The van der Waals surface area contributed by atoms with Gasteiger partial charge in [0.25, 0.3) is 5.91 Å². The minimum Gasteiger partial charge on any atom is -0.377 e. The molecule has 25 heavy (non-hydrogen) atoms. The second-order valence-electron chi connectivity index (χ2n) is 7.00. The molecular formula is C21H21BrN2O. The van der Waals surface area contributed by atoms with Crippen LogP contribution in [0.2, 0.25) is 0 Å². The van der Waals surface area contributed by atoms with Gasteiger partial charge in [0, 0.05) is 24.5 Å². The molecule has 1 aliphatic heterocycles. The number of halogens is 1. The van der Waals surface area contributed by atoms with E-state index in [1.54, 1.807) is 19.0 Å². The molecule has 0 saturated carbocycles. The number of fused-ring (bicyclic) bond motifs is 3. The first-order valence-corrected chi connectivity index (χ1v) is 9.39. The van der Waals surface area contributed by atoms with Gasteiger partial charge in [-0.3, -0.25) is 4.79 Å². The molecule has 0 fully saturated rings. The van der Waals surface area contributed by atoms with Crippen LogP contribution in [0.15, 0.2) is 59.1 Å². The zero-order chi connectivity index (χ0) is 17.6. The lowest BCUT2D eigenvalue weighted by Crippen LogP contribution is -2.31. The Bertz CT molecular complexity index is 841. The van der Waals surface area contributed by atoms with E-state index in [-0.39, 0.29) is 11.9 Å². The Morgan fingerprint density at radius 3 is 2.64 bits per heavy atom. The number of para-hydroxylation sites is 1. The Balaban J connectivity index is 1.81. The summed E-state index contributed by atoms with van der Waals surface area (Å²) >= 11 is 3.52. The lowest BCUT2D eigenvalue weighted by Gasteiger charge is -2.38. The number of nitrogens with one attached hydrogen (secondary N) is 1. The smallest absolute Gasteiger partial charge is 0.255 e. The van der Waals surface area contributed by atoms with Gasteiger partial charge in [0.15, 0.2) is 0 Å². The van der Waals surface area contributed by atoms with E-state index in [1.807, 2.05) is 12.1 Å². The molecule has 1 heterocycles. The van der Waals surface area contributed by atoms with Crippen molar-refractivity contribution in [3.8, 4) is 0 Å². The number of nitrogens with zero attached hydrogens (tertiary/aromatic N) is 1. The van der Waals surface area contributed by atoms with Gasteiger partial charge in [0.05, 0.1) is 17.3 Å². The van der Waals surface area contributed by atoms with Crippen LogP contribution in [0.25, 0.3) is 0 Å². The Labute approximate surface area is 156 Å². The van der Waals surface area contributed by atoms with E-state index >= 15 is 0 Å². The number of rotatable bonds is 2. The molecule has 3 atom stereocenters. The van der Waals surface area contributed by atoms with Gasteiger partial charge in [0.1, 0.15) is 0 Å².